The van der Waals surface area contributed by atoms with Gasteiger partial charge in [0, 0.05) is 38.5 Å². The number of carbonyl (C=O) groups excluding carboxylic acids is 6. The highest BCUT2D eigenvalue weighted by atomic mass is 16.8. The Kier molecular flexibility index (Phi) is 15.2. The van der Waals surface area contributed by atoms with Crippen LogP contribution in [0.3, 0.4) is 0 Å². The Bertz CT molecular complexity index is 1290. The van der Waals surface area contributed by atoms with Gasteiger partial charge in [0.15, 0.2) is 6.10 Å². The van der Waals surface area contributed by atoms with Gasteiger partial charge in [0.2, 0.25) is 6.29 Å². The molecule has 0 aromatic carbocycles. The summed E-state index contributed by atoms with van der Waals surface area (Å²) in [7, 11) is 0. The minimum atomic E-state index is -1.18. The van der Waals surface area contributed by atoms with Crippen LogP contribution >= 0.6 is 0 Å². The Balaban J connectivity index is 1.18. The smallest absolute Gasteiger partial charge is 0.462 e. The quantitative estimate of drug-likeness (QED) is 0.0814. The van der Waals surface area contributed by atoms with E-state index in [1.54, 1.807) is 13.8 Å². The molecule has 0 N–H and O–H groups in total. The third kappa shape index (κ3) is 11.0. The molecule has 0 aliphatic heterocycles. The summed E-state index contributed by atoms with van der Waals surface area (Å²) in [6.07, 6.45) is 7.31. The van der Waals surface area contributed by atoms with Gasteiger partial charge in [0.05, 0.1) is 0 Å². The highest BCUT2D eigenvalue weighted by molar-refractivity contribution is 5.79. The molecule has 4 saturated carbocycles. The lowest BCUT2D eigenvalue weighted by atomic mass is 9.44. The second-order valence-electron chi connectivity index (χ2n) is 16.9. The van der Waals surface area contributed by atoms with Crippen LogP contribution in [0.5, 0.6) is 0 Å². The van der Waals surface area contributed by atoms with Crippen molar-refractivity contribution in [3.05, 3.63) is 0 Å². The molecule has 12 nitrogen and oxygen atoms in total. The number of hydrogen-bond acceptors (Lipinski definition) is 12. The van der Waals surface area contributed by atoms with Crippen molar-refractivity contribution in [2.24, 2.45) is 46.3 Å². The molecule has 0 amide bonds. The molecule has 0 aromatic rings. The summed E-state index contributed by atoms with van der Waals surface area (Å²) in [5, 5.41) is 0. The minimum Gasteiger partial charge on any atom is -0.462 e. The molecule has 300 valence electrons. The zero-order valence-electron chi connectivity index (χ0n) is 33.1. The fourth-order valence-electron chi connectivity index (χ4n) is 10.5. The average Bonchev–Trinajstić information content (AvgIpc) is 3.43. The van der Waals surface area contributed by atoms with Crippen molar-refractivity contribution in [1.82, 2.24) is 0 Å². The fourth-order valence-corrected chi connectivity index (χ4v) is 10.5. The van der Waals surface area contributed by atoms with E-state index in [0.29, 0.717) is 42.3 Å². The van der Waals surface area contributed by atoms with Crippen molar-refractivity contribution in [3.8, 4) is 0 Å². The van der Waals surface area contributed by atoms with Gasteiger partial charge in [0.25, 0.3) is 0 Å². The summed E-state index contributed by atoms with van der Waals surface area (Å²) in [5.74, 6) is 0.234. The molecule has 2 unspecified atom stereocenters. The Hall–Kier alpha value is -3.18. The lowest BCUT2D eigenvalue weighted by Crippen LogP contribution is -2.54. The highest BCUT2D eigenvalue weighted by Gasteiger charge is 2.61. The standard InChI is InChI=1S/C41H64O12/c1-8-10-35(43)48-23-30(24-49-36(44)11-9-2)52-38(46)21-25(3)20-37(45)50-27(5)51-39(47)53-29-16-18-40(6)28(22-29)12-13-31-33-15-14-32(26(4)42)41(33,7)19-17-34(31)40/h25,27-34H,8-24H2,1-7H3/t25?,27?,28-,29+,31-,32+,33-,34-,40-,41+/m0/s1. The zero-order chi connectivity index (χ0) is 38.9. The second kappa shape index (κ2) is 18.9. The molecule has 0 aromatic heterocycles. The summed E-state index contributed by atoms with van der Waals surface area (Å²) in [6, 6.07) is 0. The molecule has 0 bridgehead atoms. The van der Waals surface area contributed by atoms with Crippen LogP contribution in [0.25, 0.3) is 0 Å². The predicted octanol–water partition coefficient (Wildman–Crippen LogP) is 7.66. The van der Waals surface area contributed by atoms with Crippen molar-refractivity contribution in [3.63, 3.8) is 0 Å². The highest BCUT2D eigenvalue weighted by Crippen LogP contribution is 2.67. The maximum Gasteiger partial charge on any atom is 0.511 e. The van der Waals surface area contributed by atoms with Crippen LogP contribution < -0.4 is 0 Å². The van der Waals surface area contributed by atoms with E-state index in [1.165, 1.54) is 13.3 Å². The molecule has 12 heteroatoms. The Morgan fingerprint density at radius 1 is 0.679 bits per heavy atom. The van der Waals surface area contributed by atoms with Crippen LogP contribution in [0.1, 0.15) is 145 Å². The Morgan fingerprint density at radius 3 is 1.87 bits per heavy atom. The van der Waals surface area contributed by atoms with Crippen LogP contribution in [0.2, 0.25) is 0 Å². The summed E-state index contributed by atoms with van der Waals surface area (Å²) in [5.41, 5.74) is 0.325. The molecule has 0 radical (unpaired) electrons. The molecule has 0 spiro atoms. The van der Waals surface area contributed by atoms with Crippen LogP contribution in [0, 0.1) is 46.3 Å². The number of esters is 4. The lowest BCUT2D eigenvalue weighted by molar-refractivity contribution is -0.173. The third-order valence-corrected chi connectivity index (χ3v) is 13.0. The molecule has 53 heavy (non-hydrogen) atoms. The number of ether oxygens (including phenoxy) is 6. The summed E-state index contributed by atoms with van der Waals surface area (Å²) >= 11 is 0. The van der Waals surface area contributed by atoms with Crippen LogP contribution in [-0.4, -0.2) is 67.5 Å². The maximum absolute atomic E-state index is 12.8. The number of fused-ring (bicyclic) bond motifs is 5. The van der Waals surface area contributed by atoms with E-state index < -0.39 is 48.3 Å². The first kappa shape index (κ1) is 42.6. The maximum atomic E-state index is 12.8. The summed E-state index contributed by atoms with van der Waals surface area (Å²) in [4.78, 5) is 74.2. The number of Topliss-reactive ketones (excluding diaryl/α,β-unsaturated/α-hetero) is 1. The average molecular weight is 749 g/mol. The zero-order valence-corrected chi connectivity index (χ0v) is 33.1. The fraction of sp³-hybridized carbons (Fsp3) is 0.854. The van der Waals surface area contributed by atoms with Gasteiger partial charge in [-0.15, -0.1) is 0 Å². The monoisotopic (exact) mass is 748 g/mol. The van der Waals surface area contributed by atoms with E-state index in [-0.39, 0.29) is 61.7 Å². The van der Waals surface area contributed by atoms with E-state index in [1.807, 2.05) is 13.8 Å². The van der Waals surface area contributed by atoms with Gasteiger partial charge < -0.3 is 28.4 Å². The van der Waals surface area contributed by atoms with Crippen molar-refractivity contribution in [2.45, 2.75) is 163 Å². The first-order chi connectivity index (χ1) is 25.1. The Labute approximate surface area is 315 Å². The van der Waals surface area contributed by atoms with E-state index >= 15 is 0 Å². The predicted molar refractivity (Wildman–Crippen MR) is 193 cm³/mol. The number of ketones is 1. The van der Waals surface area contributed by atoms with Gasteiger partial charge in [-0.2, -0.15) is 0 Å². The first-order valence-corrected chi connectivity index (χ1v) is 20.2. The number of hydrogen-bond donors (Lipinski definition) is 0. The first-order valence-electron chi connectivity index (χ1n) is 20.2. The van der Waals surface area contributed by atoms with E-state index in [9.17, 15) is 28.8 Å². The topological polar surface area (TPSA) is 158 Å². The van der Waals surface area contributed by atoms with Gasteiger partial charge in [-0.3, -0.25) is 24.0 Å². The van der Waals surface area contributed by atoms with Crippen LogP contribution in [0.15, 0.2) is 0 Å². The third-order valence-electron chi connectivity index (χ3n) is 13.0. The summed E-state index contributed by atoms with van der Waals surface area (Å²) in [6.45, 7) is 12.9. The van der Waals surface area contributed by atoms with E-state index in [2.05, 4.69) is 13.8 Å². The Morgan fingerprint density at radius 2 is 1.26 bits per heavy atom. The van der Waals surface area contributed by atoms with Gasteiger partial charge in [0.1, 0.15) is 25.1 Å². The van der Waals surface area contributed by atoms with Gasteiger partial charge in [-0.25, -0.2) is 4.79 Å². The number of rotatable bonds is 17. The molecule has 0 heterocycles. The van der Waals surface area contributed by atoms with Crippen LogP contribution in [0.4, 0.5) is 4.79 Å². The molecule has 4 aliphatic carbocycles. The normalized spacial score (nSPS) is 31.5. The molecular weight excluding hydrogens is 684 g/mol. The van der Waals surface area contributed by atoms with Crippen molar-refractivity contribution >= 4 is 35.8 Å². The van der Waals surface area contributed by atoms with Gasteiger partial charge >= 0.3 is 30.0 Å². The minimum absolute atomic E-state index is 0.132. The lowest BCUT2D eigenvalue weighted by Gasteiger charge is -2.61. The molecular formula is C41H64O12. The SMILES string of the molecule is CCCC(=O)OCC(COC(=O)CCC)OC(=O)CC(C)CC(=O)OC(C)OC(=O)O[C@@H]1CC[C@@]2(C)[C@@H](CC[C@@H]3[C@@H]2CC[C@]2(C)[C@@H](C(C)=O)CC[C@@H]32)C1. The van der Waals surface area contributed by atoms with Gasteiger partial charge in [-0.1, -0.05) is 34.6 Å². The largest absolute Gasteiger partial charge is 0.511 e. The van der Waals surface area contributed by atoms with Crippen molar-refractivity contribution in [1.29, 1.82) is 0 Å². The summed E-state index contributed by atoms with van der Waals surface area (Å²) < 4.78 is 32.1. The van der Waals surface area contributed by atoms with Crippen LogP contribution in [-0.2, 0) is 52.4 Å². The molecule has 4 fully saturated rings. The molecule has 0 saturated heterocycles. The van der Waals surface area contributed by atoms with E-state index in [4.69, 9.17) is 28.4 Å². The molecule has 10 atom stereocenters. The van der Waals surface area contributed by atoms with E-state index in [0.717, 1.165) is 51.4 Å². The van der Waals surface area contributed by atoms with Crippen molar-refractivity contribution in [2.75, 3.05) is 13.2 Å². The van der Waals surface area contributed by atoms with Gasteiger partial charge in [-0.05, 0) is 118 Å². The molecule has 4 rings (SSSR count). The second-order valence-corrected chi connectivity index (χ2v) is 16.9. The number of carbonyl (C=O) groups is 6. The molecule has 4 aliphatic rings. The van der Waals surface area contributed by atoms with Crippen molar-refractivity contribution < 1.29 is 57.2 Å².